The molecular formula is C14H18N4O4. The van der Waals surface area contributed by atoms with Crippen molar-refractivity contribution in [3.05, 3.63) is 33.2 Å². The van der Waals surface area contributed by atoms with Gasteiger partial charge in [-0.25, -0.2) is 4.79 Å². The number of aromatic amines is 1. The smallest absolute Gasteiger partial charge is 0.322 e. The second kappa shape index (κ2) is 6.42. The van der Waals surface area contributed by atoms with Crippen LogP contribution >= 0.6 is 0 Å². The first-order chi connectivity index (χ1) is 10.4. The summed E-state index contributed by atoms with van der Waals surface area (Å²) in [5.41, 5.74) is 1.86. The molecule has 0 radical (unpaired) electrons. The number of H-pyrrole nitrogens is 1. The minimum atomic E-state index is -0.678. The maximum Gasteiger partial charge on any atom is 0.322 e. The van der Waals surface area contributed by atoms with Gasteiger partial charge in [0.25, 0.3) is 11.5 Å². The van der Waals surface area contributed by atoms with Crippen LogP contribution in [0.4, 0.5) is 4.79 Å². The molecule has 22 heavy (non-hydrogen) atoms. The fraction of sp³-hybridized carbons (Fsp3) is 0.429. The van der Waals surface area contributed by atoms with Crippen molar-refractivity contribution in [3.8, 4) is 0 Å². The van der Waals surface area contributed by atoms with Crippen LogP contribution in [0.2, 0.25) is 0 Å². The molecule has 4 amide bonds. The lowest BCUT2D eigenvalue weighted by Gasteiger charge is -2.09. The second-order valence-electron chi connectivity index (χ2n) is 5.27. The van der Waals surface area contributed by atoms with Gasteiger partial charge in [0.05, 0.1) is 0 Å². The summed E-state index contributed by atoms with van der Waals surface area (Å²) in [4.78, 5) is 48.5. The van der Waals surface area contributed by atoms with Crippen LogP contribution in [0.3, 0.4) is 0 Å². The van der Waals surface area contributed by atoms with E-state index in [9.17, 15) is 19.2 Å². The molecule has 1 aromatic heterocycles. The molecule has 2 heterocycles. The van der Waals surface area contributed by atoms with Gasteiger partial charge in [0.15, 0.2) is 0 Å². The monoisotopic (exact) mass is 306 g/mol. The Bertz CT molecular complexity index is 680. The fourth-order valence-corrected chi connectivity index (χ4v) is 2.31. The standard InChI is InChI=1S/C14H18N4O4/c1-7-5-8(2)16-12(20)9(7)6-15-11(19)4-3-10-13(21)18-14(22)17-10/h5,10H,3-4,6H2,1-2H3,(H,15,19)(H,16,20)(H2,17,18,21,22)/t10-/m0/s1. The third-order valence-electron chi connectivity index (χ3n) is 3.47. The largest absolute Gasteiger partial charge is 0.352 e. The fourth-order valence-electron chi connectivity index (χ4n) is 2.31. The molecule has 8 heteroatoms. The average molecular weight is 306 g/mol. The van der Waals surface area contributed by atoms with Crippen LogP contribution < -0.4 is 21.5 Å². The number of carbonyl (C=O) groups is 3. The van der Waals surface area contributed by atoms with Crippen LogP contribution in [0.1, 0.15) is 29.7 Å². The lowest BCUT2D eigenvalue weighted by molar-refractivity contribution is -0.122. The highest BCUT2D eigenvalue weighted by molar-refractivity contribution is 6.04. The molecular weight excluding hydrogens is 288 g/mol. The van der Waals surface area contributed by atoms with Crippen LogP contribution in [0.25, 0.3) is 0 Å². The van der Waals surface area contributed by atoms with Gasteiger partial charge < -0.3 is 15.6 Å². The van der Waals surface area contributed by atoms with Gasteiger partial charge in [0.1, 0.15) is 6.04 Å². The number of aryl methyl sites for hydroxylation is 2. The second-order valence-corrected chi connectivity index (χ2v) is 5.27. The molecule has 1 aliphatic heterocycles. The Kier molecular flexibility index (Phi) is 4.59. The van der Waals surface area contributed by atoms with Crippen LogP contribution in [0.15, 0.2) is 10.9 Å². The summed E-state index contributed by atoms with van der Waals surface area (Å²) in [5, 5.41) is 7.17. The highest BCUT2D eigenvalue weighted by Crippen LogP contribution is 2.05. The molecule has 0 spiro atoms. The van der Waals surface area contributed by atoms with Crippen molar-refractivity contribution in [3.63, 3.8) is 0 Å². The van der Waals surface area contributed by atoms with E-state index >= 15 is 0 Å². The van der Waals surface area contributed by atoms with Crippen LogP contribution in [-0.4, -0.2) is 28.9 Å². The van der Waals surface area contributed by atoms with Crippen molar-refractivity contribution in [2.24, 2.45) is 0 Å². The summed E-state index contributed by atoms with van der Waals surface area (Å²) in [6.45, 7) is 3.73. The van der Waals surface area contributed by atoms with Crippen molar-refractivity contribution in [2.75, 3.05) is 0 Å². The summed E-state index contributed by atoms with van der Waals surface area (Å²) in [6.07, 6.45) is 0.299. The van der Waals surface area contributed by atoms with E-state index in [0.29, 0.717) is 5.56 Å². The summed E-state index contributed by atoms with van der Waals surface area (Å²) in [6, 6.07) is 0.612. The maximum atomic E-state index is 11.8. The third-order valence-corrected chi connectivity index (χ3v) is 3.47. The molecule has 1 fully saturated rings. The van der Waals surface area contributed by atoms with E-state index in [1.165, 1.54) is 0 Å². The number of rotatable bonds is 5. The van der Waals surface area contributed by atoms with Gasteiger partial charge in [0.2, 0.25) is 5.91 Å². The lowest BCUT2D eigenvalue weighted by Crippen LogP contribution is -2.32. The topological polar surface area (TPSA) is 120 Å². The molecule has 1 aromatic rings. The first-order valence-corrected chi connectivity index (χ1v) is 6.94. The van der Waals surface area contributed by atoms with Gasteiger partial charge in [-0.15, -0.1) is 0 Å². The van der Waals surface area contributed by atoms with Crippen molar-refractivity contribution < 1.29 is 14.4 Å². The number of carbonyl (C=O) groups excluding carboxylic acids is 3. The summed E-state index contributed by atoms with van der Waals surface area (Å²) in [5.74, 6) is -0.711. The van der Waals surface area contributed by atoms with Crippen LogP contribution in [0.5, 0.6) is 0 Å². The highest BCUT2D eigenvalue weighted by atomic mass is 16.2. The number of aromatic nitrogens is 1. The number of imide groups is 1. The van der Waals surface area contributed by atoms with E-state index in [1.54, 1.807) is 6.92 Å². The molecule has 0 saturated carbocycles. The van der Waals surface area contributed by atoms with E-state index in [2.05, 4.69) is 20.9 Å². The van der Waals surface area contributed by atoms with Gasteiger partial charge in [0, 0.05) is 24.2 Å². The van der Waals surface area contributed by atoms with Gasteiger partial charge in [-0.1, -0.05) is 0 Å². The molecule has 8 nitrogen and oxygen atoms in total. The molecule has 2 rings (SSSR count). The normalized spacial score (nSPS) is 17.1. The summed E-state index contributed by atoms with van der Waals surface area (Å²) >= 11 is 0. The molecule has 4 N–H and O–H groups in total. The molecule has 1 saturated heterocycles. The Labute approximate surface area is 126 Å². The van der Waals surface area contributed by atoms with Gasteiger partial charge in [-0.3, -0.25) is 19.7 Å². The SMILES string of the molecule is Cc1cc(C)c(CNC(=O)CC[C@@H]2NC(=O)NC2=O)c(=O)[nH]1. The van der Waals surface area contributed by atoms with Gasteiger partial charge in [-0.2, -0.15) is 0 Å². The van der Waals surface area contributed by atoms with Crippen molar-refractivity contribution >= 4 is 17.8 Å². The van der Waals surface area contributed by atoms with E-state index in [-0.39, 0.29) is 30.9 Å². The molecule has 0 bridgehead atoms. The van der Waals surface area contributed by atoms with E-state index < -0.39 is 18.0 Å². The Hall–Kier alpha value is -2.64. The lowest BCUT2D eigenvalue weighted by atomic mass is 10.1. The van der Waals surface area contributed by atoms with E-state index in [1.807, 2.05) is 13.0 Å². The third kappa shape index (κ3) is 3.72. The number of nitrogens with one attached hydrogen (secondary N) is 4. The zero-order valence-electron chi connectivity index (χ0n) is 12.4. The zero-order valence-corrected chi connectivity index (χ0v) is 12.4. The van der Waals surface area contributed by atoms with Crippen molar-refractivity contribution in [1.29, 1.82) is 0 Å². The number of urea groups is 1. The molecule has 118 valence electrons. The van der Waals surface area contributed by atoms with Gasteiger partial charge in [-0.05, 0) is 31.9 Å². The minimum absolute atomic E-state index is 0.0845. The summed E-state index contributed by atoms with van der Waals surface area (Å²) in [7, 11) is 0. The molecule has 0 aromatic carbocycles. The molecule has 0 aliphatic carbocycles. The molecule has 1 aliphatic rings. The Balaban J connectivity index is 1.85. The predicted octanol–water partition coefficient (Wildman–Crippen LogP) is -0.404. The first-order valence-electron chi connectivity index (χ1n) is 6.94. The quantitative estimate of drug-likeness (QED) is 0.553. The van der Waals surface area contributed by atoms with E-state index in [0.717, 1.165) is 11.3 Å². The predicted molar refractivity (Wildman–Crippen MR) is 78.1 cm³/mol. The average Bonchev–Trinajstić information content (AvgIpc) is 2.73. The first kappa shape index (κ1) is 15.7. The Morgan fingerprint density at radius 3 is 2.59 bits per heavy atom. The maximum absolute atomic E-state index is 11.8. The summed E-state index contributed by atoms with van der Waals surface area (Å²) < 4.78 is 0. The molecule has 0 unspecified atom stereocenters. The van der Waals surface area contributed by atoms with Crippen LogP contribution in [-0.2, 0) is 16.1 Å². The van der Waals surface area contributed by atoms with Gasteiger partial charge >= 0.3 is 6.03 Å². The van der Waals surface area contributed by atoms with Crippen molar-refractivity contribution in [2.45, 2.75) is 39.3 Å². The number of hydrogen-bond donors (Lipinski definition) is 4. The molecule has 1 atom stereocenters. The highest BCUT2D eigenvalue weighted by Gasteiger charge is 2.29. The number of amides is 4. The number of hydrogen-bond acceptors (Lipinski definition) is 4. The Morgan fingerprint density at radius 2 is 2.00 bits per heavy atom. The Morgan fingerprint density at radius 1 is 1.27 bits per heavy atom. The minimum Gasteiger partial charge on any atom is -0.352 e. The van der Waals surface area contributed by atoms with E-state index in [4.69, 9.17) is 0 Å². The van der Waals surface area contributed by atoms with Crippen LogP contribution in [0, 0.1) is 13.8 Å². The zero-order chi connectivity index (χ0) is 16.3. The number of pyridine rings is 1. The van der Waals surface area contributed by atoms with Crippen molar-refractivity contribution in [1.82, 2.24) is 20.9 Å².